The number of rotatable bonds is 4. The molecule has 1 aromatic rings. The van der Waals surface area contributed by atoms with Gasteiger partial charge in [-0.15, -0.1) is 0 Å². The van der Waals surface area contributed by atoms with Crippen molar-refractivity contribution in [1.29, 1.82) is 0 Å². The van der Waals surface area contributed by atoms with E-state index in [2.05, 4.69) is 31.3 Å². The second-order valence-corrected chi connectivity index (χ2v) is 6.38. The van der Waals surface area contributed by atoms with Crippen molar-refractivity contribution in [2.45, 2.75) is 33.6 Å². The molecule has 1 saturated carbocycles. The molecule has 1 N–H and O–H groups in total. The predicted molar refractivity (Wildman–Crippen MR) is 83.0 cm³/mol. The fourth-order valence-corrected chi connectivity index (χ4v) is 2.84. The van der Waals surface area contributed by atoms with Crippen molar-refractivity contribution in [2.75, 3.05) is 5.43 Å². The van der Waals surface area contributed by atoms with Crippen molar-refractivity contribution in [3.63, 3.8) is 0 Å². The second-order valence-electron chi connectivity index (χ2n) is 6.38. The normalized spacial score (nSPS) is 21.8. The van der Waals surface area contributed by atoms with Gasteiger partial charge in [-0.3, -0.25) is 25.7 Å². The number of hydrogen-bond donors (Lipinski definition) is 1. The number of nitro groups is 2. The van der Waals surface area contributed by atoms with Crippen LogP contribution in [-0.2, 0) is 0 Å². The van der Waals surface area contributed by atoms with Crippen LogP contribution in [0.25, 0.3) is 0 Å². The van der Waals surface area contributed by atoms with Crippen molar-refractivity contribution >= 4 is 22.8 Å². The van der Waals surface area contributed by atoms with Crippen LogP contribution in [0.5, 0.6) is 0 Å². The number of nitro benzene ring substituents is 2. The van der Waals surface area contributed by atoms with E-state index in [0.29, 0.717) is 5.92 Å². The average Bonchev–Trinajstić information content (AvgIpc) is 2.68. The lowest BCUT2D eigenvalue weighted by Gasteiger charge is -2.14. The third-order valence-corrected chi connectivity index (χ3v) is 3.80. The first kappa shape index (κ1) is 15.9. The highest BCUT2D eigenvalue weighted by molar-refractivity contribution is 5.90. The number of anilines is 1. The molecule has 0 bridgehead atoms. The molecule has 22 heavy (non-hydrogen) atoms. The Morgan fingerprint density at radius 2 is 1.95 bits per heavy atom. The van der Waals surface area contributed by atoms with E-state index in [1.54, 1.807) is 0 Å². The number of nitrogens with one attached hydrogen (secondary N) is 1. The largest absolute Gasteiger partial charge is 0.301 e. The maximum Gasteiger partial charge on any atom is 0.301 e. The van der Waals surface area contributed by atoms with Crippen LogP contribution in [-0.4, -0.2) is 15.6 Å². The number of non-ortho nitro benzene ring substituents is 1. The van der Waals surface area contributed by atoms with Gasteiger partial charge < -0.3 is 0 Å². The summed E-state index contributed by atoms with van der Waals surface area (Å²) in [4.78, 5) is 20.4. The molecule has 1 fully saturated rings. The molecule has 8 nitrogen and oxygen atoms in total. The van der Waals surface area contributed by atoms with E-state index in [1.807, 2.05) is 0 Å². The third-order valence-electron chi connectivity index (χ3n) is 3.80. The van der Waals surface area contributed by atoms with Gasteiger partial charge in [0.25, 0.3) is 5.69 Å². The van der Waals surface area contributed by atoms with Crippen LogP contribution in [0, 0.1) is 31.6 Å². The van der Waals surface area contributed by atoms with E-state index in [-0.39, 0.29) is 22.5 Å². The van der Waals surface area contributed by atoms with Gasteiger partial charge in [0.2, 0.25) is 0 Å². The Morgan fingerprint density at radius 1 is 1.27 bits per heavy atom. The first-order valence-corrected chi connectivity index (χ1v) is 6.95. The Balaban J connectivity index is 2.27. The first-order chi connectivity index (χ1) is 10.2. The Labute approximate surface area is 127 Å². The summed E-state index contributed by atoms with van der Waals surface area (Å²) in [6, 6.07) is 3.47. The minimum Gasteiger partial charge on any atom is -0.272 e. The van der Waals surface area contributed by atoms with Crippen LogP contribution in [0.4, 0.5) is 17.1 Å². The molecular formula is C14H18N4O4. The van der Waals surface area contributed by atoms with Crippen molar-refractivity contribution in [1.82, 2.24) is 0 Å². The first-order valence-electron chi connectivity index (χ1n) is 6.95. The molecule has 1 aliphatic rings. The lowest BCUT2D eigenvalue weighted by Crippen LogP contribution is -2.07. The summed E-state index contributed by atoms with van der Waals surface area (Å²) in [6.07, 6.45) is 1.83. The maximum absolute atomic E-state index is 11.1. The highest BCUT2D eigenvalue weighted by Crippen LogP contribution is 2.39. The van der Waals surface area contributed by atoms with Crippen molar-refractivity contribution in [3.8, 4) is 0 Å². The zero-order valence-corrected chi connectivity index (χ0v) is 12.7. The predicted octanol–water partition coefficient (Wildman–Crippen LogP) is 3.73. The van der Waals surface area contributed by atoms with Gasteiger partial charge >= 0.3 is 5.69 Å². The minimum atomic E-state index is -0.662. The molecule has 1 atom stereocenters. The maximum atomic E-state index is 11.1. The molecule has 1 unspecified atom stereocenters. The van der Waals surface area contributed by atoms with Gasteiger partial charge in [0.15, 0.2) is 0 Å². The van der Waals surface area contributed by atoms with Gasteiger partial charge in [-0.2, -0.15) is 5.10 Å². The smallest absolute Gasteiger partial charge is 0.272 e. The molecule has 2 rings (SSSR count). The lowest BCUT2D eigenvalue weighted by atomic mass is 9.91. The molecule has 0 spiro atoms. The molecule has 8 heteroatoms. The Bertz CT molecular complexity index is 654. The summed E-state index contributed by atoms with van der Waals surface area (Å²) in [7, 11) is 0. The quantitative estimate of drug-likeness (QED) is 0.673. The Kier molecular flexibility index (Phi) is 4.11. The number of hydrazone groups is 1. The summed E-state index contributed by atoms with van der Waals surface area (Å²) in [6.45, 7) is 6.38. The van der Waals surface area contributed by atoms with Gasteiger partial charge in [-0.25, -0.2) is 0 Å². The summed E-state index contributed by atoms with van der Waals surface area (Å²) in [5, 5.41) is 26.0. The molecule has 0 heterocycles. The van der Waals surface area contributed by atoms with Crippen LogP contribution in [0.2, 0.25) is 0 Å². The molecule has 0 amide bonds. The number of nitrogens with zero attached hydrogens (tertiary/aromatic N) is 3. The summed E-state index contributed by atoms with van der Waals surface area (Å²) in [5.74, 6) is 0.305. The van der Waals surface area contributed by atoms with E-state index in [9.17, 15) is 20.2 Å². The molecule has 0 saturated heterocycles. The fraction of sp³-hybridized carbons (Fsp3) is 0.500. The van der Waals surface area contributed by atoms with Crippen molar-refractivity contribution in [2.24, 2.45) is 16.4 Å². The number of hydrogen-bond acceptors (Lipinski definition) is 6. The monoisotopic (exact) mass is 306 g/mol. The fourth-order valence-electron chi connectivity index (χ4n) is 2.84. The topological polar surface area (TPSA) is 111 Å². The van der Waals surface area contributed by atoms with Crippen molar-refractivity contribution in [3.05, 3.63) is 38.4 Å². The third kappa shape index (κ3) is 3.38. The van der Waals surface area contributed by atoms with Crippen LogP contribution in [0.3, 0.4) is 0 Å². The van der Waals surface area contributed by atoms with E-state index >= 15 is 0 Å². The van der Waals surface area contributed by atoms with E-state index in [0.717, 1.165) is 24.6 Å². The molecule has 0 radical (unpaired) electrons. The molecule has 0 aliphatic heterocycles. The molecule has 0 aromatic heterocycles. The minimum absolute atomic E-state index is 0.153. The average molecular weight is 306 g/mol. The Morgan fingerprint density at radius 3 is 2.45 bits per heavy atom. The van der Waals surface area contributed by atoms with E-state index < -0.39 is 9.85 Å². The SMILES string of the molecule is CC1CC(C)(C)CC1=NNc1ccc([N+](=O)[O-])cc1[N+](=O)[O-]. The van der Waals surface area contributed by atoms with Crippen LogP contribution < -0.4 is 5.43 Å². The van der Waals surface area contributed by atoms with E-state index in [1.165, 1.54) is 12.1 Å². The molecule has 1 aliphatic carbocycles. The molecule has 118 valence electrons. The van der Waals surface area contributed by atoms with Gasteiger partial charge in [0.1, 0.15) is 5.69 Å². The van der Waals surface area contributed by atoms with Gasteiger partial charge in [0, 0.05) is 11.8 Å². The standard InChI is InChI=1S/C14H18N4O4/c1-9-7-14(2,3)8-12(9)16-15-11-5-4-10(17(19)20)6-13(11)18(21)22/h4-6,9,15H,7-8H2,1-3H3. The molecular weight excluding hydrogens is 288 g/mol. The van der Waals surface area contributed by atoms with E-state index in [4.69, 9.17) is 0 Å². The zero-order valence-electron chi connectivity index (χ0n) is 12.7. The summed E-state index contributed by atoms with van der Waals surface area (Å²) in [5.41, 5.74) is 3.29. The summed E-state index contributed by atoms with van der Waals surface area (Å²) >= 11 is 0. The highest BCUT2D eigenvalue weighted by Gasteiger charge is 2.33. The van der Waals surface area contributed by atoms with Gasteiger partial charge in [0.05, 0.1) is 15.9 Å². The van der Waals surface area contributed by atoms with Gasteiger partial charge in [-0.05, 0) is 30.2 Å². The van der Waals surface area contributed by atoms with Crippen LogP contribution in [0.15, 0.2) is 23.3 Å². The zero-order chi connectivity index (χ0) is 16.5. The van der Waals surface area contributed by atoms with Crippen molar-refractivity contribution < 1.29 is 9.85 Å². The number of benzene rings is 1. The Hall–Kier alpha value is -2.51. The summed E-state index contributed by atoms with van der Waals surface area (Å²) < 4.78 is 0. The highest BCUT2D eigenvalue weighted by atomic mass is 16.6. The second kappa shape index (κ2) is 5.70. The van der Waals surface area contributed by atoms with Crippen LogP contribution >= 0.6 is 0 Å². The van der Waals surface area contributed by atoms with Gasteiger partial charge in [-0.1, -0.05) is 20.8 Å². The van der Waals surface area contributed by atoms with Crippen LogP contribution in [0.1, 0.15) is 33.6 Å². The molecule has 1 aromatic carbocycles. The lowest BCUT2D eigenvalue weighted by molar-refractivity contribution is -0.393.